The number of ether oxygens (including phenoxy) is 1. The third kappa shape index (κ3) is 3.45. The van der Waals surface area contributed by atoms with Gasteiger partial charge in [-0.2, -0.15) is 0 Å². The van der Waals surface area contributed by atoms with E-state index in [0.717, 1.165) is 32.5 Å². The van der Waals surface area contributed by atoms with Crippen LogP contribution in [0.3, 0.4) is 0 Å². The molecule has 1 aromatic rings. The molecule has 17 heavy (non-hydrogen) atoms. The molecule has 2 N–H and O–H groups in total. The summed E-state index contributed by atoms with van der Waals surface area (Å²) < 4.78 is 5.03. The van der Waals surface area contributed by atoms with Crippen molar-refractivity contribution < 1.29 is 4.74 Å². The summed E-state index contributed by atoms with van der Waals surface area (Å²) in [6.45, 7) is 5.00. The van der Waals surface area contributed by atoms with Crippen molar-refractivity contribution in [3.8, 4) is 0 Å². The van der Waals surface area contributed by atoms with E-state index in [4.69, 9.17) is 4.74 Å². The molecular weight excluding hydrogens is 212 g/mol. The maximum atomic E-state index is 5.03. The first kappa shape index (κ1) is 12.4. The first-order valence-electron chi connectivity index (χ1n) is 6.37. The fourth-order valence-electron chi connectivity index (χ4n) is 2.32. The quantitative estimate of drug-likeness (QED) is 0.737. The maximum absolute atomic E-state index is 5.03. The van der Waals surface area contributed by atoms with E-state index in [0.29, 0.717) is 6.04 Å². The molecule has 0 spiro atoms. The molecule has 3 heteroatoms. The summed E-state index contributed by atoms with van der Waals surface area (Å²) in [6.07, 6.45) is 2.24. The lowest BCUT2D eigenvalue weighted by Crippen LogP contribution is -2.30. The van der Waals surface area contributed by atoms with Crippen LogP contribution in [0.4, 0.5) is 5.69 Å². The molecule has 1 heterocycles. The van der Waals surface area contributed by atoms with Crippen molar-refractivity contribution in [3.63, 3.8) is 0 Å². The van der Waals surface area contributed by atoms with Gasteiger partial charge in [-0.05, 0) is 37.0 Å². The molecule has 0 saturated carbocycles. The fraction of sp³-hybridized carbons (Fsp3) is 0.571. The summed E-state index contributed by atoms with van der Waals surface area (Å²) in [4.78, 5) is 0. The number of nitrogens with one attached hydrogen (secondary N) is 2. The average Bonchev–Trinajstić information content (AvgIpc) is 2.76. The molecule has 1 aliphatic heterocycles. The van der Waals surface area contributed by atoms with Crippen molar-refractivity contribution >= 4 is 5.69 Å². The second-order valence-electron chi connectivity index (χ2n) is 4.72. The van der Waals surface area contributed by atoms with Crippen LogP contribution in [0.1, 0.15) is 18.1 Å². The number of hydrogen-bond donors (Lipinski definition) is 2. The summed E-state index contributed by atoms with van der Waals surface area (Å²) in [7, 11) is 1.74. The second kappa shape index (κ2) is 6.03. The van der Waals surface area contributed by atoms with E-state index < -0.39 is 0 Å². The lowest BCUT2D eigenvalue weighted by Gasteiger charge is -2.14. The number of fused-ring (bicyclic) bond motifs is 1. The Morgan fingerprint density at radius 2 is 2.35 bits per heavy atom. The smallest absolute Gasteiger partial charge is 0.0587 e. The average molecular weight is 234 g/mol. The Hall–Kier alpha value is -1.06. The molecule has 0 aliphatic carbocycles. The van der Waals surface area contributed by atoms with Gasteiger partial charge in [0, 0.05) is 31.9 Å². The van der Waals surface area contributed by atoms with Crippen LogP contribution in [0.25, 0.3) is 0 Å². The van der Waals surface area contributed by atoms with Gasteiger partial charge >= 0.3 is 0 Å². The number of anilines is 1. The minimum absolute atomic E-state index is 0.498. The highest BCUT2D eigenvalue weighted by Crippen LogP contribution is 2.23. The summed E-state index contributed by atoms with van der Waals surface area (Å²) in [5, 5.41) is 6.85. The van der Waals surface area contributed by atoms with Crippen molar-refractivity contribution in [3.05, 3.63) is 29.3 Å². The van der Waals surface area contributed by atoms with E-state index in [1.54, 1.807) is 7.11 Å². The molecule has 0 amide bonds. The van der Waals surface area contributed by atoms with E-state index in [1.165, 1.54) is 16.8 Å². The maximum Gasteiger partial charge on any atom is 0.0587 e. The van der Waals surface area contributed by atoms with Crippen molar-refractivity contribution in [1.82, 2.24) is 5.32 Å². The largest absolute Gasteiger partial charge is 0.384 e. The summed E-state index contributed by atoms with van der Waals surface area (Å²) in [5.74, 6) is 0. The standard InChI is InChI=1S/C14H22N2O/c1-11(15-7-8-17-2)9-12-3-4-14-13(10-12)5-6-16-14/h3-4,10-11,15-16H,5-9H2,1-2H3. The van der Waals surface area contributed by atoms with Gasteiger partial charge in [0.05, 0.1) is 6.61 Å². The SMILES string of the molecule is COCCNC(C)Cc1ccc2c(c1)CCN2. The van der Waals surface area contributed by atoms with Crippen LogP contribution < -0.4 is 10.6 Å². The lowest BCUT2D eigenvalue weighted by atomic mass is 10.0. The van der Waals surface area contributed by atoms with Crippen LogP contribution in [0, 0.1) is 0 Å². The normalized spacial score (nSPS) is 15.4. The van der Waals surface area contributed by atoms with Crippen molar-refractivity contribution in [2.24, 2.45) is 0 Å². The molecule has 3 nitrogen and oxygen atoms in total. The molecule has 0 radical (unpaired) electrons. The number of methoxy groups -OCH3 is 1. The van der Waals surface area contributed by atoms with Crippen molar-refractivity contribution in [1.29, 1.82) is 0 Å². The van der Waals surface area contributed by atoms with E-state index in [9.17, 15) is 0 Å². The summed E-state index contributed by atoms with van der Waals surface area (Å²) >= 11 is 0. The molecule has 0 bridgehead atoms. The van der Waals surface area contributed by atoms with E-state index in [1.807, 2.05) is 0 Å². The van der Waals surface area contributed by atoms with Crippen molar-refractivity contribution in [2.75, 3.05) is 32.1 Å². The zero-order valence-corrected chi connectivity index (χ0v) is 10.8. The monoisotopic (exact) mass is 234 g/mol. The second-order valence-corrected chi connectivity index (χ2v) is 4.72. The van der Waals surface area contributed by atoms with Gasteiger partial charge in [-0.3, -0.25) is 0 Å². The molecule has 94 valence electrons. The Balaban J connectivity index is 1.86. The fourth-order valence-corrected chi connectivity index (χ4v) is 2.32. The van der Waals surface area contributed by atoms with Crippen LogP contribution in [0.2, 0.25) is 0 Å². The first-order chi connectivity index (χ1) is 8.29. The van der Waals surface area contributed by atoms with Crippen LogP contribution in [0.5, 0.6) is 0 Å². The van der Waals surface area contributed by atoms with Gasteiger partial charge in [0.15, 0.2) is 0 Å². The zero-order valence-electron chi connectivity index (χ0n) is 10.8. The molecule has 1 aliphatic rings. The topological polar surface area (TPSA) is 33.3 Å². The van der Waals surface area contributed by atoms with Gasteiger partial charge in [-0.1, -0.05) is 12.1 Å². The highest BCUT2D eigenvalue weighted by molar-refractivity contribution is 5.56. The van der Waals surface area contributed by atoms with E-state index in [-0.39, 0.29) is 0 Å². The number of benzene rings is 1. The Morgan fingerprint density at radius 3 is 3.18 bits per heavy atom. The summed E-state index contributed by atoms with van der Waals surface area (Å²) in [6, 6.07) is 7.27. The molecule has 1 aromatic carbocycles. The predicted octanol–water partition coefficient (Wildman–Crippen LogP) is 1.82. The Bertz CT molecular complexity index is 365. The van der Waals surface area contributed by atoms with Gasteiger partial charge in [0.1, 0.15) is 0 Å². The predicted molar refractivity (Wildman–Crippen MR) is 71.7 cm³/mol. The van der Waals surface area contributed by atoms with Crippen LogP contribution >= 0.6 is 0 Å². The Kier molecular flexibility index (Phi) is 4.40. The van der Waals surface area contributed by atoms with Crippen molar-refractivity contribution in [2.45, 2.75) is 25.8 Å². The highest BCUT2D eigenvalue weighted by Gasteiger charge is 2.11. The van der Waals surface area contributed by atoms with Gasteiger partial charge in [-0.15, -0.1) is 0 Å². The number of rotatable bonds is 6. The molecule has 0 saturated heterocycles. The van der Waals surface area contributed by atoms with Crippen LogP contribution in [0.15, 0.2) is 18.2 Å². The highest BCUT2D eigenvalue weighted by atomic mass is 16.5. The molecular formula is C14H22N2O. The number of hydrogen-bond acceptors (Lipinski definition) is 3. The van der Waals surface area contributed by atoms with Gasteiger partial charge in [0.2, 0.25) is 0 Å². The molecule has 0 fully saturated rings. The van der Waals surface area contributed by atoms with E-state index in [2.05, 4.69) is 35.8 Å². The lowest BCUT2D eigenvalue weighted by molar-refractivity contribution is 0.196. The van der Waals surface area contributed by atoms with Gasteiger partial charge in [-0.25, -0.2) is 0 Å². The molecule has 1 unspecified atom stereocenters. The van der Waals surface area contributed by atoms with E-state index >= 15 is 0 Å². The van der Waals surface area contributed by atoms with Gasteiger partial charge < -0.3 is 15.4 Å². The Morgan fingerprint density at radius 1 is 1.47 bits per heavy atom. The first-order valence-corrected chi connectivity index (χ1v) is 6.37. The molecule has 2 rings (SSSR count). The minimum atomic E-state index is 0.498. The zero-order chi connectivity index (χ0) is 12.1. The minimum Gasteiger partial charge on any atom is -0.384 e. The van der Waals surface area contributed by atoms with Crippen LogP contribution in [-0.2, 0) is 17.6 Å². The third-order valence-corrected chi connectivity index (χ3v) is 3.22. The molecule has 1 atom stereocenters. The van der Waals surface area contributed by atoms with Gasteiger partial charge in [0.25, 0.3) is 0 Å². The molecule has 0 aromatic heterocycles. The third-order valence-electron chi connectivity index (χ3n) is 3.22. The van der Waals surface area contributed by atoms with Crippen LogP contribution in [-0.4, -0.2) is 32.8 Å². The Labute approximate surface area is 104 Å². The summed E-state index contributed by atoms with van der Waals surface area (Å²) in [5.41, 5.74) is 4.20.